The van der Waals surface area contributed by atoms with E-state index in [-0.39, 0.29) is 48.2 Å². The van der Waals surface area contributed by atoms with E-state index in [1.54, 1.807) is 20.3 Å². The molecule has 3 aliphatic carbocycles. The number of methoxy groups -OCH3 is 2. The number of Topliss-reactive ketones (excluding diaryl/α,β-unsaturated/α-hetero) is 1. The summed E-state index contributed by atoms with van der Waals surface area (Å²) in [5.74, 6) is 0.963. The third-order valence-electron chi connectivity index (χ3n) is 15.5. The summed E-state index contributed by atoms with van der Waals surface area (Å²) in [5.41, 5.74) is 1.88. The van der Waals surface area contributed by atoms with Gasteiger partial charge in [0.1, 0.15) is 54.3 Å². The summed E-state index contributed by atoms with van der Waals surface area (Å²) >= 11 is 0. The van der Waals surface area contributed by atoms with E-state index in [0.29, 0.717) is 19.3 Å². The highest BCUT2D eigenvalue weighted by molar-refractivity contribution is 5.89. The number of carbonyl (C=O) groups excluding carboxylic acids is 1. The first-order chi connectivity index (χ1) is 30.5. The Morgan fingerprint density at radius 3 is 1.94 bits per heavy atom. The number of ether oxygens (including phenoxy) is 10. The first kappa shape index (κ1) is 48.5. The van der Waals surface area contributed by atoms with Gasteiger partial charge in [0.05, 0.1) is 61.7 Å². The van der Waals surface area contributed by atoms with E-state index in [9.17, 15) is 35.4 Å². The molecule has 64 heavy (non-hydrogen) atoms. The number of hydrogen-bond donors (Lipinski definition) is 6. The van der Waals surface area contributed by atoms with Gasteiger partial charge in [-0.3, -0.25) is 4.79 Å². The van der Waals surface area contributed by atoms with Gasteiger partial charge in [-0.25, -0.2) is 0 Å². The van der Waals surface area contributed by atoms with Crippen molar-refractivity contribution >= 4 is 5.78 Å². The molecule has 6 fully saturated rings. The van der Waals surface area contributed by atoms with Crippen LogP contribution in [0, 0.1) is 24.2 Å². The smallest absolute Gasteiger partial charge is 0.187 e. The molecule has 0 bridgehead atoms. The Bertz CT molecular complexity index is 1740. The number of rotatable bonds is 12. The molecule has 18 heteroatoms. The van der Waals surface area contributed by atoms with Gasteiger partial charge in [-0.15, -0.1) is 0 Å². The number of fused-ring (bicyclic) bond motifs is 3. The van der Waals surface area contributed by atoms with Crippen molar-refractivity contribution in [3.63, 3.8) is 0 Å². The SMILES string of the molecule is COC1CC(OC2C(O)CC(OC3CC4=CCC5C(=O)C(c6ccoc6C)CCC5C4(C)CC3O)OC2C)OC(C)C1OC1CC(OC)C(OC2OC(CO)C(O)C(O)C2O)C(C)O1. The molecular weight excluding hydrogens is 840 g/mol. The molecule has 2 saturated carbocycles. The molecule has 0 spiro atoms. The fourth-order valence-corrected chi connectivity index (χ4v) is 11.9. The van der Waals surface area contributed by atoms with Crippen LogP contribution in [0.3, 0.4) is 0 Å². The van der Waals surface area contributed by atoms with Crippen LogP contribution in [0.2, 0.25) is 0 Å². The average Bonchev–Trinajstić information content (AvgIpc) is 3.69. The lowest BCUT2D eigenvalue weighted by atomic mass is 9.51. The second kappa shape index (κ2) is 19.9. The second-order valence-corrected chi connectivity index (χ2v) is 19.3. The Morgan fingerprint density at radius 2 is 1.34 bits per heavy atom. The van der Waals surface area contributed by atoms with Gasteiger partial charge in [-0.1, -0.05) is 18.6 Å². The highest BCUT2D eigenvalue weighted by atomic mass is 16.8. The molecule has 5 heterocycles. The minimum atomic E-state index is -1.59. The number of carbonyl (C=O) groups is 1. The van der Waals surface area contributed by atoms with Crippen LogP contribution in [0.25, 0.3) is 0 Å². The first-order valence-corrected chi connectivity index (χ1v) is 23.1. The van der Waals surface area contributed by atoms with Gasteiger partial charge in [0, 0.05) is 50.9 Å². The molecule has 4 saturated heterocycles. The number of aryl methyl sites for hydroxylation is 1. The summed E-state index contributed by atoms with van der Waals surface area (Å²) in [6.07, 6.45) is -8.83. The highest BCUT2D eigenvalue weighted by Gasteiger charge is 2.55. The third kappa shape index (κ3) is 9.43. The van der Waals surface area contributed by atoms with Crippen molar-refractivity contribution in [3.05, 3.63) is 35.3 Å². The lowest BCUT2D eigenvalue weighted by molar-refractivity contribution is -0.357. The highest BCUT2D eigenvalue weighted by Crippen LogP contribution is 2.58. The van der Waals surface area contributed by atoms with Gasteiger partial charge < -0.3 is 82.4 Å². The first-order valence-electron chi connectivity index (χ1n) is 23.1. The predicted octanol–water partition coefficient (Wildman–Crippen LogP) is 1.89. The van der Waals surface area contributed by atoms with Crippen molar-refractivity contribution < 1.29 is 87.2 Å². The summed E-state index contributed by atoms with van der Waals surface area (Å²) in [4.78, 5) is 13.8. The Kier molecular flexibility index (Phi) is 15.1. The normalized spacial score (nSPS) is 48.9. The Labute approximate surface area is 374 Å². The summed E-state index contributed by atoms with van der Waals surface area (Å²) < 4.78 is 66.9. The molecule has 0 aromatic carbocycles. The molecule has 6 N–H and O–H groups in total. The van der Waals surface area contributed by atoms with Crippen molar-refractivity contribution in [1.82, 2.24) is 0 Å². The van der Waals surface area contributed by atoms with Crippen LogP contribution in [0.15, 0.2) is 28.4 Å². The quantitative estimate of drug-likeness (QED) is 0.164. The molecule has 362 valence electrons. The van der Waals surface area contributed by atoms with E-state index in [4.69, 9.17) is 51.8 Å². The van der Waals surface area contributed by atoms with Gasteiger partial charge in [-0.05, 0) is 77.2 Å². The predicted molar refractivity (Wildman–Crippen MR) is 221 cm³/mol. The summed E-state index contributed by atoms with van der Waals surface area (Å²) in [5, 5.41) is 63.6. The Balaban J connectivity index is 0.822. The number of allylic oxidation sites excluding steroid dienone is 1. The van der Waals surface area contributed by atoms with E-state index in [0.717, 1.165) is 24.2 Å². The lowest BCUT2D eigenvalue weighted by Gasteiger charge is -2.54. The summed E-state index contributed by atoms with van der Waals surface area (Å²) in [6.45, 7) is 8.92. The molecule has 1 aromatic rings. The molecule has 0 amide bonds. The van der Waals surface area contributed by atoms with Crippen molar-refractivity contribution in [3.8, 4) is 0 Å². The molecule has 4 aliphatic heterocycles. The van der Waals surface area contributed by atoms with Gasteiger partial charge in [-0.2, -0.15) is 0 Å². The van der Waals surface area contributed by atoms with E-state index >= 15 is 0 Å². The zero-order valence-corrected chi connectivity index (χ0v) is 37.9. The standard InChI is InChI=1S/C46H70O18/c1-20-25(12-13-56-20)26-10-11-28-27(38(26)50)9-8-24-14-31(30(49)18-46(24,28)5)60-35-15-29(48)42(21(2)57-35)62-36-16-32(54-6)43(22(3)58-36)63-37-17-33(55-7)44(23(4)59-37)64-45-41(53)40(52)39(51)34(19-47)61-45/h8,12-13,21-23,26-37,39-45,47-49,51-53H,9-11,14-19H2,1-7H3. The number of ketones is 1. The maximum Gasteiger partial charge on any atom is 0.187 e. The zero-order chi connectivity index (χ0) is 45.8. The third-order valence-corrected chi connectivity index (χ3v) is 15.5. The van der Waals surface area contributed by atoms with E-state index < -0.39 is 123 Å². The van der Waals surface area contributed by atoms with Crippen LogP contribution in [0.1, 0.15) is 96.3 Å². The Morgan fingerprint density at radius 1 is 0.734 bits per heavy atom. The van der Waals surface area contributed by atoms with E-state index in [2.05, 4.69) is 13.0 Å². The van der Waals surface area contributed by atoms with Crippen LogP contribution < -0.4 is 0 Å². The molecule has 0 radical (unpaired) electrons. The van der Waals surface area contributed by atoms with Crippen LogP contribution in [-0.2, 0) is 52.2 Å². The van der Waals surface area contributed by atoms with Crippen LogP contribution in [0.5, 0.6) is 0 Å². The van der Waals surface area contributed by atoms with Gasteiger partial charge in [0.15, 0.2) is 25.2 Å². The lowest BCUT2D eigenvalue weighted by Crippen LogP contribution is -2.62. The fourth-order valence-electron chi connectivity index (χ4n) is 11.9. The molecule has 1 aromatic heterocycles. The molecule has 7 aliphatic rings. The summed E-state index contributed by atoms with van der Waals surface area (Å²) in [6, 6.07) is 1.92. The van der Waals surface area contributed by atoms with Gasteiger partial charge >= 0.3 is 0 Å². The topological polar surface area (TPSA) is 244 Å². The number of furan rings is 1. The fraction of sp³-hybridized carbons (Fsp3) is 0.848. The molecule has 23 atom stereocenters. The van der Waals surface area contributed by atoms with E-state index in [1.165, 1.54) is 12.7 Å². The van der Waals surface area contributed by atoms with Crippen molar-refractivity contribution in [1.29, 1.82) is 0 Å². The van der Waals surface area contributed by atoms with Gasteiger partial charge in [0.25, 0.3) is 0 Å². The number of aliphatic hydroxyl groups is 6. The van der Waals surface area contributed by atoms with Crippen LogP contribution in [0.4, 0.5) is 0 Å². The van der Waals surface area contributed by atoms with Crippen LogP contribution in [-0.4, -0.2) is 174 Å². The van der Waals surface area contributed by atoms with Gasteiger partial charge in [0.2, 0.25) is 0 Å². The average molecular weight is 911 g/mol. The maximum absolute atomic E-state index is 13.8. The minimum absolute atomic E-state index is 0.0972. The molecule has 23 unspecified atom stereocenters. The monoisotopic (exact) mass is 910 g/mol. The van der Waals surface area contributed by atoms with Crippen molar-refractivity contribution in [2.24, 2.45) is 17.3 Å². The molecule has 18 nitrogen and oxygen atoms in total. The largest absolute Gasteiger partial charge is 0.469 e. The van der Waals surface area contributed by atoms with Crippen LogP contribution >= 0.6 is 0 Å². The number of hydrogen-bond acceptors (Lipinski definition) is 18. The summed E-state index contributed by atoms with van der Waals surface area (Å²) in [7, 11) is 3.08. The minimum Gasteiger partial charge on any atom is -0.469 e. The zero-order valence-electron chi connectivity index (χ0n) is 37.9. The van der Waals surface area contributed by atoms with Crippen molar-refractivity contribution in [2.75, 3.05) is 20.8 Å². The Hall–Kier alpha value is -1.95. The van der Waals surface area contributed by atoms with Crippen molar-refractivity contribution in [2.45, 2.75) is 209 Å². The van der Waals surface area contributed by atoms with E-state index in [1.807, 2.05) is 26.8 Å². The second-order valence-electron chi connectivity index (χ2n) is 19.3. The molecular formula is C46H70O18. The number of aliphatic hydroxyl groups excluding tert-OH is 6. The molecule has 8 rings (SSSR count). The maximum atomic E-state index is 13.8.